The first kappa shape index (κ1) is 15.5. The maximum absolute atomic E-state index is 12.1. The fraction of sp³-hybridized carbons (Fsp3) is 0.467. The van der Waals surface area contributed by atoms with Crippen molar-refractivity contribution in [2.75, 3.05) is 25.1 Å². The number of hydrogen-bond acceptors (Lipinski definition) is 4. The number of anilines is 1. The molecule has 2 unspecified atom stereocenters. The summed E-state index contributed by atoms with van der Waals surface area (Å²) in [5.41, 5.74) is 6.92. The van der Waals surface area contributed by atoms with E-state index in [9.17, 15) is 9.59 Å². The molecule has 2 atom stereocenters. The molecule has 0 spiro atoms. The number of ether oxygens (including phenoxy) is 1. The van der Waals surface area contributed by atoms with Gasteiger partial charge in [0.1, 0.15) is 0 Å². The molecular weight excluding hydrogens is 270 g/mol. The van der Waals surface area contributed by atoms with Crippen LogP contribution in [0.3, 0.4) is 0 Å². The predicted octanol–water partition coefficient (Wildman–Crippen LogP) is 0.739. The molecule has 4 N–H and O–H groups in total. The molecule has 21 heavy (non-hydrogen) atoms. The Balaban J connectivity index is 2.00. The molecule has 2 amide bonds. The van der Waals surface area contributed by atoms with E-state index in [2.05, 4.69) is 10.6 Å². The summed E-state index contributed by atoms with van der Waals surface area (Å²) in [4.78, 5) is 24.0. The highest BCUT2D eigenvalue weighted by atomic mass is 16.5. The summed E-state index contributed by atoms with van der Waals surface area (Å²) in [5, 5.41) is 5.59. The third-order valence-electron chi connectivity index (χ3n) is 3.39. The Labute approximate surface area is 124 Å². The average molecular weight is 291 g/mol. The average Bonchev–Trinajstić information content (AvgIpc) is 2.91. The first-order valence-electron chi connectivity index (χ1n) is 7.14. The molecule has 0 aromatic heterocycles. The Hall–Kier alpha value is -1.92. The second-order valence-corrected chi connectivity index (χ2v) is 5.13. The zero-order valence-electron chi connectivity index (χ0n) is 12.1. The van der Waals surface area contributed by atoms with Crippen LogP contribution in [0, 0.1) is 5.92 Å². The minimum atomic E-state index is -0.345. The van der Waals surface area contributed by atoms with Crippen LogP contribution in [0.4, 0.5) is 5.69 Å². The number of benzene rings is 1. The highest BCUT2D eigenvalue weighted by Crippen LogP contribution is 2.16. The Kier molecular flexibility index (Phi) is 5.30. The monoisotopic (exact) mass is 291 g/mol. The first-order chi connectivity index (χ1) is 10.1. The van der Waals surface area contributed by atoms with E-state index >= 15 is 0 Å². The Morgan fingerprint density at radius 1 is 1.38 bits per heavy atom. The highest BCUT2D eigenvalue weighted by Gasteiger charge is 2.31. The topological polar surface area (TPSA) is 93.5 Å². The van der Waals surface area contributed by atoms with Gasteiger partial charge in [0.25, 0.3) is 5.91 Å². The van der Waals surface area contributed by atoms with Gasteiger partial charge in [-0.1, -0.05) is 13.0 Å². The number of carbonyl (C=O) groups excluding carboxylic acids is 2. The quantitative estimate of drug-likeness (QED) is 0.746. The molecule has 6 heteroatoms. The molecule has 0 saturated carbocycles. The number of hydrogen-bond donors (Lipinski definition) is 3. The lowest BCUT2D eigenvalue weighted by molar-refractivity contribution is -0.120. The Bertz CT molecular complexity index is 519. The van der Waals surface area contributed by atoms with Crippen LogP contribution in [0.5, 0.6) is 0 Å². The zero-order chi connectivity index (χ0) is 15.2. The smallest absolute Gasteiger partial charge is 0.251 e. The van der Waals surface area contributed by atoms with E-state index < -0.39 is 0 Å². The zero-order valence-corrected chi connectivity index (χ0v) is 12.1. The van der Waals surface area contributed by atoms with Gasteiger partial charge in [-0.25, -0.2) is 0 Å². The predicted molar refractivity (Wildman–Crippen MR) is 80.0 cm³/mol. The molecule has 0 bridgehead atoms. The summed E-state index contributed by atoms with van der Waals surface area (Å²) in [6.07, 6.45) is 0.877. The van der Waals surface area contributed by atoms with Crippen molar-refractivity contribution in [3.63, 3.8) is 0 Å². The second-order valence-electron chi connectivity index (χ2n) is 5.13. The lowest BCUT2D eigenvalue weighted by atomic mass is 10.0. The molecule has 6 nitrogen and oxygen atoms in total. The minimum Gasteiger partial charge on any atom is -0.379 e. The van der Waals surface area contributed by atoms with Gasteiger partial charge in [-0.15, -0.1) is 0 Å². The first-order valence-corrected chi connectivity index (χ1v) is 7.14. The number of amides is 2. The maximum Gasteiger partial charge on any atom is 0.251 e. The standard InChI is InChI=1S/C15H21N3O3/c1-2-6-17-14(19)10-4-3-5-11(7-10)18-15(20)12-8-21-9-13(12)16/h3-5,7,12-13H,2,6,8-9,16H2,1H3,(H,17,19)(H,18,20). The van der Waals surface area contributed by atoms with Crippen molar-refractivity contribution in [3.8, 4) is 0 Å². The SMILES string of the molecule is CCCNC(=O)c1cccc(NC(=O)C2COCC2N)c1. The van der Waals surface area contributed by atoms with E-state index in [1.54, 1.807) is 24.3 Å². The Morgan fingerprint density at radius 3 is 2.86 bits per heavy atom. The van der Waals surface area contributed by atoms with E-state index in [1.165, 1.54) is 0 Å². The molecule has 114 valence electrons. The third-order valence-corrected chi connectivity index (χ3v) is 3.39. The van der Waals surface area contributed by atoms with E-state index in [0.717, 1.165) is 6.42 Å². The second kappa shape index (κ2) is 7.19. The minimum absolute atomic E-state index is 0.145. The van der Waals surface area contributed by atoms with Gasteiger partial charge >= 0.3 is 0 Å². The molecular formula is C15H21N3O3. The van der Waals surface area contributed by atoms with Crippen molar-refractivity contribution in [3.05, 3.63) is 29.8 Å². The summed E-state index contributed by atoms with van der Waals surface area (Å²) >= 11 is 0. The van der Waals surface area contributed by atoms with Crippen LogP contribution < -0.4 is 16.4 Å². The summed E-state index contributed by atoms with van der Waals surface area (Å²) in [5.74, 6) is -0.664. The van der Waals surface area contributed by atoms with Crippen LogP contribution in [0.2, 0.25) is 0 Å². The van der Waals surface area contributed by atoms with Crippen LogP contribution in [0.25, 0.3) is 0 Å². The van der Waals surface area contributed by atoms with Crippen molar-refractivity contribution < 1.29 is 14.3 Å². The molecule has 1 saturated heterocycles. The van der Waals surface area contributed by atoms with Gasteiger partial charge in [0.2, 0.25) is 5.91 Å². The molecule has 0 aliphatic carbocycles. The molecule has 1 fully saturated rings. The molecule has 2 rings (SSSR count). The summed E-state index contributed by atoms with van der Waals surface area (Å²) in [6.45, 7) is 3.36. The lowest BCUT2D eigenvalue weighted by Crippen LogP contribution is -2.37. The van der Waals surface area contributed by atoms with E-state index in [-0.39, 0.29) is 23.8 Å². The van der Waals surface area contributed by atoms with Crippen molar-refractivity contribution in [1.29, 1.82) is 0 Å². The number of nitrogens with two attached hydrogens (primary N) is 1. The lowest BCUT2D eigenvalue weighted by Gasteiger charge is -2.14. The van der Waals surface area contributed by atoms with Gasteiger partial charge in [-0.05, 0) is 24.6 Å². The molecule has 1 aromatic carbocycles. The van der Waals surface area contributed by atoms with Gasteiger partial charge in [0.05, 0.1) is 19.1 Å². The fourth-order valence-electron chi connectivity index (χ4n) is 2.15. The largest absolute Gasteiger partial charge is 0.379 e. The molecule has 1 aliphatic rings. The van der Waals surface area contributed by atoms with Crippen LogP contribution in [0.1, 0.15) is 23.7 Å². The van der Waals surface area contributed by atoms with Crippen molar-refractivity contribution in [1.82, 2.24) is 5.32 Å². The van der Waals surface area contributed by atoms with Gasteiger partial charge in [0, 0.05) is 23.8 Å². The van der Waals surface area contributed by atoms with Crippen LogP contribution in [-0.2, 0) is 9.53 Å². The summed E-state index contributed by atoms with van der Waals surface area (Å²) in [7, 11) is 0. The van der Waals surface area contributed by atoms with E-state index in [1.807, 2.05) is 6.92 Å². The van der Waals surface area contributed by atoms with Crippen molar-refractivity contribution in [2.45, 2.75) is 19.4 Å². The highest BCUT2D eigenvalue weighted by molar-refractivity contribution is 5.97. The number of rotatable bonds is 5. The van der Waals surface area contributed by atoms with Crippen molar-refractivity contribution >= 4 is 17.5 Å². The fourth-order valence-corrected chi connectivity index (χ4v) is 2.15. The summed E-state index contributed by atoms with van der Waals surface area (Å²) < 4.78 is 5.18. The van der Waals surface area contributed by atoms with Gasteiger partial charge in [0.15, 0.2) is 0 Å². The van der Waals surface area contributed by atoms with Gasteiger partial charge in [-0.2, -0.15) is 0 Å². The third kappa shape index (κ3) is 4.03. The van der Waals surface area contributed by atoms with Crippen molar-refractivity contribution in [2.24, 2.45) is 11.7 Å². The molecule has 1 aliphatic heterocycles. The molecule has 1 heterocycles. The van der Waals surface area contributed by atoms with E-state index in [4.69, 9.17) is 10.5 Å². The number of nitrogens with one attached hydrogen (secondary N) is 2. The van der Waals surface area contributed by atoms with E-state index in [0.29, 0.717) is 31.0 Å². The summed E-state index contributed by atoms with van der Waals surface area (Å²) in [6, 6.07) is 6.58. The van der Waals surface area contributed by atoms with Gasteiger partial charge < -0.3 is 21.1 Å². The molecule has 1 aromatic rings. The van der Waals surface area contributed by atoms with Gasteiger partial charge in [-0.3, -0.25) is 9.59 Å². The van der Waals surface area contributed by atoms with Crippen LogP contribution in [-0.4, -0.2) is 37.6 Å². The number of carbonyl (C=O) groups is 2. The normalized spacial score (nSPS) is 21.0. The van der Waals surface area contributed by atoms with Crippen LogP contribution >= 0.6 is 0 Å². The molecule has 0 radical (unpaired) electrons. The van der Waals surface area contributed by atoms with Crippen LogP contribution in [0.15, 0.2) is 24.3 Å². The maximum atomic E-state index is 12.1. The Morgan fingerprint density at radius 2 is 2.19 bits per heavy atom.